The van der Waals surface area contributed by atoms with Gasteiger partial charge in [-0.3, -0.25) is 9.59 Å². The lowest BCUT2D eigenvalue weighted by Gasteiger charge is -2.07. The van der Waals surface area contributed by atoms with E-state index in [1.807, 2.05) is 0 Å². The van der Waals surface area contributed by atoms with Crippen molar-refractivity contribution in [3.05, 3.63) is 23.5 Å². The third kappa shape index (κ3) is 2.03. The van der Waals surface area contributed by atoms with E-state index < -0.39 is 11.8 Å². The van der Waals surface area contributed by atoms with Gasteiger partial charge >= 0.3 is 0 Å². The predicted molar refractivity (Wildman–Crippen MR) is 50.3 cm³/mol. The van der Waals surface area contributed by atoms with Gasteiger partial charge in [0.25, 0.3) is 11.8 Å². The maximum absolute atomic E-state index is 10.9. The van der Waals surface area contributed by atoms with Gasteiger partial charge in [0, 0.05) is 0 Å². The number of hydrogen-bond acceptors (Lipinski definition) is 4. The molecule has 14 heavy (non-hydrogen) atoms. The standard InChI is InChI=1S/C8H12N4O2/c1-3-2-4(3)12-6(8(11)14)5(9)7(10)13/h4,12H,1-2,9H2,(H2,10,13)(H2,11,14)/b6-5+. The third-order valence-corrected chi connectivity index (χ3v) is 1.90. The molecule has 1 rings (SSSR count). The number of amides is 2. The van der Waals surface area contributed by atoms with E-state index in [9.17, 15) is 9.59 Å². The summed E-state index contributed by atoms with van der Waals surface area (Å²) in [6.45, 7) is 3.67. The summed E-state index contributed by atoms with van der Waals surface area (Å²) in [6, 6.07) is -0.0320. The molecular weight excluding hydrogens is 184 g/mol. The second-order valence-electron chi connectivity index (χ2n) is 3.08. The first-order chi connectivity index (χ1) is 6.43. The van der Waals surface area contributed by atoms with Gasteiger partial charge in [-0.05, 0) is 6.42 Å². The Morgan fingerprint density at radius 1 is 1.29 bits per heavy atom. The number of hydrogen-bond donors (Lipinski definition) is 4. The van der Waals surface area contributed by atoms with Gasteiger partial charge < -0.3 is 22.5 Å². The zero-order valence-corrected chi connectivity index (χ0v) is 7.54. The second-order valence-corrected chi connectivity index (χ2v) is 3.08. The van der Waals surface area contributed by atoms with Gasteiger partial charge in [-0.25, -0.2) is 0 Å². The lowest BCUT2D eigenvalue weighted by molar-refractivity contribution is -0.117. The van der Waals surface area contributed by atoms with Crippen LogP contribution in [0.15, 0.2) is 23.5 Å². The van der Waals surface area contributed by atoms with Crippen LogP contribution in [0.5, 0.6) is 0 Å². The Hall–Kier alpha value is -1.98. The smallest absolute Gasteiger partial charge is 0.267 e. The summed E-state index contributed by atoms with van der Waals surface area (Å²) in [5.74, 6) is -1.68. The van der Waals surface area contributed by atoms with Gasteiger partial charge in [-0.15, -0.1) is 0 Å². The van der Waals surface area contributed by atoms with Crippen LogP contribution in [-0.2, 0) is 9.59 Å². The van der Waals surface area contributed by atoms with Gasteiger partial charge in [0.15, 0.2) is 0 Å². The minimum absolute atomic E-state index is 0.0320. The Morgan fingerprint density at radius 3 is 2.07 bits per heavy atom. The van der Waals surface area contributed by atoms with Crippen molar-refractivity contribution in [2.45, 2.75) is 12.5 Å². The van der Waals surface area contributed by atoms with Crippen molar-refractivity contribution in [2.75, 3.05) is 0 Å². The minimum atomic E-state index is -0.877. The molecule has 7 N–H and O–H groups in total. The molecule has 0 aliphatic heterocycles. The molecule has 2 amide bonds. The van der Waals surface area contributed by atoms with Crippen LogP contribution in [0, 0.1) is 0 Å². The summed E-state index contributed by atoms with van der Waals surface area (Å²) in [6.07, 6.45) is 0.739. The van der Waals surface area contributed by atoms with E-state index in [4.69, 9.17) is 17.2 Å². The molecule has 0 aromatic rings. The highest BCUT2D eigenvalue weighted by Gasteiger charge is 2.30. The van der Waals surface area contributed by atoms with Gasteiger partial charge in [-0.1, -0.05) is 12.2 Å². The van der Waals surface area contributed by atoms with E-state index in [-0.39, 0.29) is 17.4 Å². The number of rotatable bonds is 4. The van der Waals surface area contributed by atoms with Gasteiger partial charge in [0.2, 0.25) is 0 Å². The second kappa shape index (κ2) is 3.41. The van der Waals surface area contributed by atoms with Crippen molar-refractivity contribution in [1.82, 2.24) is 5.32 Å². The maximum Gasteiger partial charge on any atom is 0.267 e. The van der Waals surface area contributed by atoms with E-state index >= 15 is 0 Å². The minimum Gasteiger partial charge on any atom is -0.392 e. The van der Waals surface area contributed by atoms with Crippen molar-refractivity contribution in [3.63, 3.8) is 0 Å². The van der Waals surface area contributed by atoms with Crippen molar-refractivity contribution < 1.29 is 9.59 Å². The first-order valence-corrected chi connectivity index (χ1v) is 3.97. The first-order valence-electron chi connectivity index (χ1n) is 3.97. The number of nitrogens with one attached hydrogen (secondary N) is 1. The van der Waals surface area contributed by atoms with E-state index in [1.54, 1.807) is 0 Å². The predicted octanol–water partition coefficient (Wildman–Crippen LogP) is -1.95. The highest BCUT2D eigenvalue weighted by molar-refractivity contribution is 6.02. The van der Waals surface area contributed by atoms with Crippen LogP contribution in [0.4, 0.5) is 0 Å². The zero-order chi connectivity index (χ0) is 10.9. The Morgan fingerprint density at radius 2 is 1.79 bits per heavy atom. The lowest BCUT2D eigenvalue weighted by atomic mass is 10.3. The Labute approximate surface area is 80.8 Å². The van der Waals surface area contributed by atoms with Crippen LogP contribution in [-0.4, -0.2) is 17.9 Å². The van der Waals surface area contributed by atoms with Crippen molar-refractivity contribution >= 4 is 11.8 Å². The van der Waals surface area contributed by atoms with Gasteiger partial charge in [-0.2, -0.15) is 0 Å². The Kier molecular flexibility index (Phi) is 2.46. The van der Waals surface area contributed by atoms with E-state index in [2.05, 4.69) is 11.9 Å². The Bertz CT molecular complexity index is 345. The quantitative estimate of drug-likeness (QED) is 0.308. The van der Waals surface area contributed by atoms with Crippen LogP contribution >= 0.6 is 0 Å². The molecule has 0 bridgehead atoms. The summed E-state index contributed by atoms with van der Waals surface area (Å²) in [4.78, 5) is 21.6. The molecule has 1 atom stereocenters. The number of primary amides is 2. The van der Waals surface area contributed by atoms with Crippen molar-refractivity contribution in [3.8, 4) is 0 Å². The summed E-state index contributed by atoms with van der Waals surface area (Å²) >= 11 is 0. The average molecular weight is 196 g/mol. The van der Waals surface area contributed by atoms with E-state index in [0.717, 1.165) is 12.0 Å². The van der Waals surface area contributed by atoms with Gasteiger partial charge in [0.05, 0.1) is 6.04 Å². The lowest BCUT2D eigenvalue weighted by Crippen LogP contribution is -2.35. The molecular formula is C8H12N4O2. The average Bonchev–Trinajstić information content (AvgIpc) is 2.76. The molecule has 0 aromatic carbocycles. The highest BCUT2D eigenvalue weighted by Crippen LogP contribution is 2.27. The highest BCUT2D eigenvalue weighted by atomic mass is 16.2. The summed E-state index contributed by atoms with van der Waals surface area (Å²) < 4.78 is 0. The van der Waals surface area contributed by atoms with Crippen molar-refractivity contribution in [2.24, 2.45) is 17.2 Å². The fourth-order valence-corrected chi connectivity index (χ4v) is 0.935. The molecule has 1 unspecified atom stereocenters. The number of carbonyl (C=O) groups is 2. The molecule has 1 aliphatic carbocycles. The molecule has 1 saturated carbocycles. The largest absolute Gasteiger partial charge is 0.392 e. The molecule has 0 saturated heterocycles. The molecule has 0 aromatic heterocycles. The van der Waals surface area contributed by atoms with Crippen LogP contribution < -0.4 is 22.5 Å². The molecule has 76 valence electrons. The normalized spacial score (nSPS) is 21.1. The monoisotopic (exact) mass is 196 g/mol. The number of nitrogens with two attached hydrogens (primary N) is 3. The number of carbonyl (C=O) groups excluding carboxylic acids is 2. The van der Waals surface area contributed by atoms with Crippen LogP contribution in [0.2, 0.25) is 0 Å². The molecule has 6 nitrogen and oxygen atoms in total. The van der Waals surface area contributed by atoms with E-state index in [0.29, 0.717) is 0 Å². The Balaban J connectivity index is 2.83. The topological polar surface area (TPSA) is 124 Å². The van der Waals surface area contributed by atoms with Crippen molar-refractivity contribution in [1.29, 1.82) is 0 Å². The molecule has 1 aliphatic rings. The van der Waals surface area contributed by atoms with Crippen LogP contribution in [0.1, 0.15) is 6.42 Å². The summed E-state index contributed by atoms with van der Waals surface area (Å²) in [5, 5.41) is 2.70. The van der Waals surface area contributed by atoms with Crippen LogP contribution in [0.3, 0.4) is 0 Å². The SMILES string of the molecule is C=C1CC1N/C(C(N)=O)=C(/N)C(N)=O. The summed E-state index contributed by atoms with van der Waals surface area (Å²) in [5.41, 5.74) is 15.7. The molecule has 0 heterocycles. The molecule has 0 spiro atoms. The van der Waals surface area contributed by atoms with Crippen LogP contribution in [0.25, 0.3) is 0 Å². The maximum atomic E-state index is 10.9. The fraction of sp³-hybridized carbons (Fsp3) is 0.250. The molecule has 6 heteroatoms. The zero-order valence-electron chi connectivity index (χ0n) is 7.54. The van der Waals surface area contributed by atoms with E-state index in [1.165, 1.54) is 0 Å². The third-order valence-electron chi connectivity index (χ3n) is 1.90. The molecule has 0 radical (unpaired) electrons. The summed E-state index contributed by atoms with van der Waals surface area (Å²) in [7, 11) is 0. The first kappa shape index (κ1) is 10.1. The molecule has 1 fully saturated rings. The fourth-order valence-electron chi connectivity index (χ4n) is 0.935. The van der Waals surface area contributed by atoms with Gasteiger partial charge in [0.1, 0.15) is 11.4 Å².